The van der Waals surface area contributed by atoms with Crippen LogP contribution in [0.5, 0.6) is 11.5 Å². The lowest BCUT2D eigenvalue weighted by molar-refractivity contribution is -0.0558. The van der Waals surface area contributed by atoms with E-state index in [9.17, 15) is 10.2 Å². The first-order valence-corrected chi connectivity index (χ1v) is 13.3. The summed E-state index contributed by atoms with van der Waals surface area (Å²) >= 11 is 3.41. The number of halogens is 1. The summed E-state index contributed by atoms with van der Waals surface area (Å²) in [5.41, 5.74) is 0.248. The van der Waals surface area contributed by atoms with Gasteiger partial charge in [0.1, 0.15) is 11.5 Å². The summed E-state index contributed by atoms with van der Waals surface area (Å²) in [4.78, 5) is 0. The Bertz CT molecular complexity index is 585. The smallest absolute Gasteiger partial charge is 0.133 e. The molecule has 136 valence electrons. The van der Waals surface area contributed by atoms with Crippen molar-refractivity contribution in [3.8, 4) is 11.5 Å². The normalized spacial score (nSPS) is 28.0. The summed E-state index contributed by atoms with van der Waals surface area (Å²) in [6, 6.07) is 4.51. The second-order valence-electron chi connectivity index (χ2n) is 8.64. The molecule has 0 bridgehead atoms. The van der Waals surface area contributed by atoms with E-state index in [1.54, 1.807) is 13.2 Å². The molecule has 1 saturated carbocycles. The van der Waals surface area contributed by atoms with Crippen LogP contribution in [0.15, 0.2) is 16.6 Å². The number of rotatable bonds is 5. The minimum absolute atomic E-state index is 0.176. The molecule has 2 N–H and O–H groups in total. The average Bonchev–Trinajstić information content (AvgIpc) is 2.43. The molecule has 3 nitrogen and oxygen atoms in total. The quantitative estimate of drug-likeness (QED) is 0.649. The first-order valence-electron chi connectivity index (χ1n) is 8.83. The fraction of sp³-hybridized carbons (Fsp3) is 0.684. The molecule has 1 aromatic rings. The Labute approximate surface area is 155 Å². The molecule has 0 spiro atoms. The molecule has 1 aromatic carbocycles. The summed E-state index contributed by atoms with van der Waals surface area (Å²) in [7, 11) is 0.240. The first kappa shape index (κ1) is 19.8. The Kier molecular flexibility index (Phi) is 6.09. The fourth-order valence-corrected chi connectivity index (χ4v) is 7.09. The van der Waals surface area contributed by atoms with Gasteiger partial charge in [-0.1, -0.05) is 39.4 Å². The van der Waals surface area contributed by atoms with Gasteiger partial charge in [-0.3, -0.25) is 0 Å². The minimum atomic E-state index is -1.39. The van der Waals surface area contributed by atoms with Gasteiger partial charge in [-0.25, -0.2) is 0 Å². The maximum Gasteiger partial charge on any atom is 0.133 e. The van der Waals surface area contributed by atoms with E-state index in [0.717, 1.165) is 41.1 Å². The SMILES string of the molecule is COc1cc(C[C@H]2[C@H](C)CCCC2(O)C[Si](C)(C)C)c(O)cc1Br. The predicted molar refractivity (Wildman–Crippen MR) is 106 cm³/mol. The predicted octanol–water partition coefficient (Wildman–Crippen LogP) is 5.21. The molecule has 0 heterocycles. The van der Waals surface area contributed by atoms with Crippen molar-refractivity contribution in [1.29, 1.82) is 0 Å². The van der Waals surface area contributed by atoms with E-state index >= 15 is 0 Å². The third kappa shape index (κ3) is 4.55. The topological polar surface area (TPSA) is 49.7 Å². The van der Waals surface area contributed by atoms with Crippen LogP contribution in [0.3, 0.4) is 0 Å². The molecule has 0 radical (unpaired) electrons. The number of phenolic OH excluding ortho intramolecular Hbond substituents is 1. The Morgan fingerprint density at radius 1 is 1.33 bits per heavy atom. The summed E-state index contributed by atoms with van der Waals surface area (Å²) in [6.45, 7) is 9.20. The van der Waals surface area contributed by atoms with Crippen LogP contribution in [0, 0.1) is 11.8 Å². The highest BCUT2D eigenvalue weighted by molar-refractivity contribution is 9.10. The Balaban J connectivity index is 2.33. The third-order valence-electron chi connectivity index (χ3n) is 5.28. The van der Waals surface area contributed by atoms with E-state index in [4.69, 9.17) is 4.74 Å². The minimum Gasteiger partial charge on any atom is -0.508 e. The van der Waals surface area contributed by atoms with Crippen molar-refractivity contribution in [3.05, 3.63) is 22.2 Å². The second-order valence-corrected chi connectivity index (χ2v) is 15.0. The lowest BCUT2D eigenvalue weighted by Gasteiger charge is -2.46. The standard InChI is InChI=1S/C19H31BrO3Si/c1-13-7-6-8-19(22,12-24(3,4)5)15(13)9-14-10-18(23-2)16(20)11-17(14)21/h10-11,13,15,21-22H,6-9,12H2,1-5H3/t13-,15+,19?/m1/s1. The molecular weight excluding hydrogens is 384 g/mol. The molecule has 1 unspecified atom stereocenters. The number of hydrogen-bond donors (Lipinski definition) is 2. The van der Waals surface area contributed by atoms with E-state index in [2.05, 4.69) is 42.5 Å². The van der Waals surface area contributed by atoms with Gasteiger partial charge in [-0.05, 0) is 64.3 Å². The highest BCUT2D eigenvalue weighted by Gasteiger charge is 2.45. The third-order valence-corrected chi connectivity index (χ3v) is 7.57. The van der Waals surface area contributed by atoms with Crippen LogP contribution in [0.2, 0.25) is 25.7 Å². The fourth-order valence-electron chi connectivity index (χ4n) is 4.32. The zero-order valence-electron chi connectivity index (χ0n) is 15.5. The molecule has 2 rings (SSSR count). The van der Waals surface area contributed by atoms with Crippen LogP contribution in [-0.4, -0.2) is 31.0 Å². The van der Waals surface area contributed by atoms with E-state index in [0.29, 0.717) is 12.3 Å². The lowest BCUT2D eigenvalue weighted by atomic mass is 9.68. The van der Waals surface area contributed by atoms with Crippen LogP contribution in [0.4, 0.5) is 0 Å². The van der Waals surface area contributed by atoms with Crippen molar-refractivity contribution in [2.24, 2.45) is 11.8 Å². The van der Waals surface area contributed by atoms with Gasteiger partial charge in [0.15, 0.2) is 0 Å². The van der Waals surface area contributed by atoms with E-state index in [1.807, 2.05) is 6.07 Å². The zero-order chi connectivity index (χ0) is 18.1. The van der Waals surface area contributed by atoms with Crippen molar-refractivity contribution >= 4 is 24.0 Å². The van der Waals surface area contributed by atoms with Crippen molar-refractivity contribution in [2.75, 3.05) is 7.11 Å². The van der Waals surface area contributed by atoms with Crippen LogP contribution in [0.1, 0.15) is 31.7 Å². The number of aromatic hydroxyl groups is 1. The molecule has 1 aliphatic rings. The summed E-state index contributed by atoms with van der Waals surface area (Å²) in [5, 5.41) is 21.9. The molecule has 0 saturated heterocycles. The van der Waals surface area contributed by atoms with Gasteiger partial charge in [-0.15, -0.1) is 0 Å². The maximum absolute atomic E-state index is 11.5. The van der Waals surface area contributed by atoms with Gasteiger partial charge in [0, 0.05) is 8.07 Å². The Morgan fingerprint density at radius 3 is 2.58 bits per heavy atom. The molecule has 1 fully saturated rings. The monoisotopic (exact) mass is 414 g/mol. The average molecular weight is 415 g/mol. The van der Waals surface area contributed by atoms with Gasteiger partial charge < -0.3 is 14.9 Å². The van der Waals surface area contributed by atoms with Gasteiger partial charge in [0.2, 0.25) is 0 Å². The number of ether oxygens (including phenoxy) is 1. The van der Waals surface area contributed by atoms with E-state index in [-0.39, 0.29) is 11.7 Å². The van der Waals surface area contributed by atoms with Crippen LogP contribution < -0.4 is 4.74 Å². The lowest BCUT2D eigenvalue weighted by Crippen LogP contribution is -2.49. The second kappa shape index (κ2) is 7.38. The molecule has 5 heteroatoms. The maximum atomic E-state index is 11.5. The van der Waals surface area contributed by atoms with Gasteiger partial charge in [-0.2, -0.15) is 0 Å². The molecule has 0 aliphatic heterocycles. The van der Waals surface area contributed by atoms with Gasteiger partial charge >= 0.3 is 0 Å². The number of hydrogen-bond acceptors (Lipinski definition) is 3. The van der Waals surface area contributed by atoms with Crippen molar-refractivity contribution in [2.45, 2.75) is 63.9 Å². The Morgan fingerprint density at radius 2 is 2.00 bits per heavy atom. The van der Waals surface area contributed by atoms with Crippen molar-refractivity contribution in [1.82, 2.24) is 0 Å². The van der Waals surface area contributed by atoms with Crippen molar-refractivity contribution < 1.29 is 14.9 Å². The zero-order valence-corrected chi connectivity index (χ0v) is 18.1. The number of benzene rings is 1. The molecule has 0 amide bonds. The van der Waals surface area contributed by atoms with E-state index < -0.39 is 13.7 Å². The number of methoxy groups -OCH3 is 1. The summed E-state index contributed by atoms with van der Waals surface area (Å²) in [5.74, 6) is 1.62. The van der Waals surface area contributed by atoms with E-state index in [1.165, 1.54) is 0 Å². The highest BCUT2D eigenvalue weighted by atomic mass is 79.9. The molecule has 24 heavy (non-hydrogen) atoms. The molecule has 0 aromatic heterocycles. The van der Waals surface area contributed by atoms with Gasteiger partial charge in [0.25, 0.3) is 0 Å². The molecular formula is C19H31BrO3Si. The molecule has 3 atom stereocenters. The molecule has 1 aliphatic carbocycles. The van der Waals surface area contributed by atoms with Crippen LogP contribution >= 0.6 is 15.9 Å². The van der Waals surface area contributed by atoms with Gasteiger partial charge in [0.05, 0.1) is 17.2 Å². The highest BCUT2D eigenvalue weighted by Crippen LogP contribution is 2.45. The first-order chi connectivity index (χ1) is 11.1. The van der Waals surface area contributed by atoms with Crippen LogP contribution in [0.25, 0.3) is 0 Å². The largest absolute Gasteiger partial charge is 0.508 e. The van der Waals surface area contributed by atoms with Crippen LogP contribution in [-0.2, 0) is 6.42 Å². The Hall–Kier alpha value is -0.523. The number of aliphatic hydroxyl groups is 1. The summed E-state index contributed by atoms with van der Waals surface area (Å²) < 4.78 is 6.13. The summed E-state index contributed by atoms with van der Waals surface area (Å²) in [6.07, 6.45) is 3.81. The van der Waals surface area contributed by atoms with Crippen molar-refractivity contribution in [3.63, 3.8) is 0 Å². The number of phenols is 1.